The van der Waals surface area contributed by atoms with E-state index in [1.807, 2.05) is 13.8 Å². The van der Waals surface area contributed by atoms with Crippen molar-refractivity contribution in [3.8, 4) is 0 Å². The molecule has 0 radical (unpaired) electrons. The van der Waals surface area contributed by atoms with Crippen molar-refractivity contribution in [2.24, 2.45) is 62.1 Å². The topological polar surface area (TPSA) is 129 Å². The summed E-state index contributed by atoms with van der Waals surface area (Å²) in [7, 11) is 0. The number of amides is 1. The van der Waals surface area contributed by atoms with E-state index in [0.29, 0.717) is 36.2 Å². The highest BCUT2D eigenvalue weighted by molar-refractivity contribution is 6.30. The highest BCUT2D eigenvalue weighted by atomic mass is 35.5. The molecule has 1 heterocycles. The first kappa shape index (κ1) is 43.0. The van der Waals surface area contributed by atoms with Crippen LogP contribution in [0.25, 0.3) is 0 Å². The Labute approximate surface area is 351 Å². The zero-order chi connectivity index (χ0) is 42.6. The largest absolute Gasteiger partial charge is 0.464 e. The maximum Gasteiger partial charge on any atom is 0.310 e. The lowest BCUT2D eigenvalue weighted by Crippen LogP contribution is -2.67. The molecule has 318 valence electrons. The third-order valence-electron chi connectivity index (χ3n) is 17.9. The molecule has 1 aromatic rings. The van der Waals surface area contributed by atoms with E-state index in [9.17, 15) is 24.0 Å². The van der Waals surface area contributed by atoms with Crippen molar-refractivity contribution in [3.63, 3.8) is 0 Å². The number of halogens is 1. The molecule has 58 heavy (non-hydrogen) atoms. The number of pyridine rings is 1. The average Bonchev–Trinajstić information content (AvgIpc) is 3.43. The molecule has 0 saturated heterocycles. The fourth-order valence-corrected chi connectivity index (χ4v) is 14.4. The van der Waals surface area contributed by atoms with Gasteiger partial charge in [-0.3, -0.25) is 29.0 Å². The van der Waals surface area contributed by atoms with Gasteiger partial charge in [-0.15, -0.1) is 0 Å². The number of carbonyl (C=O) groups excluding carboxylic acids is 5. The first-order valence-electron chi connectivity index (χ1n) is 21.9. The summed E-state index contributed by atoms with van der Waals surface area (Å²) in [6.07, 6.45) is 9.25. The van der Waals surface area contributed by atoms with Gasteiger partial charge in [0.1, 0.15) is 17.9 Å². The number of carbonyl (C=O) groups is 5. The van der Waals surface area contributed by atoms with Gasteiger partial charge in [-0.1, -0.05) is 87.8 Å². The number of rotatable bonds is 10. The molecule has 0 spiro atoms. The molecule has 6 aliphatic carbocycles. The third-order valence-corrected chi connectivity index (χ3v) is 18.1. The zero-order valence-electron chi connectivity index (χ0n) is 36.8. The number of ether oxygens (including phenoxy) is 2. The van der Waals surface area contributed by atoms with E-state index in [1.54, 1.807) is 26.0 Å². The molecule has 0 aliphatic heterocycles. The first-order chi connectivity index (χ1) is 26.9. The number of hydrogen-bond acceptors (Lipinski definition) is 8. The Morgan fingerprint density at radius 3 is 2.24 bits per heavy atom. The van der Waals surface area contributed by atoms with Crippen molar-refractivity contribution in [1.29, 1.82) is 0 Å². The van der Waals surface area contributed by atoms with E-state index >= 15 is 0 Å². The van der Waals surface area contributed by atoms with Crippen molar-refractivity contribution in [1.82, 2.24) is 10.3 Å². The molecule has 7 rings (SSSR count). The SMILES string of the molecule is CC(C)C1=C2[C@H]3CC[C@@H]4[C@@]5(C)CC[C@H](OC(=O)[C@H]6C[C@@H](OC=O)C6(C)C)C(C)(C)[C@@H]5CC[C@@]4(C)[C@]3(C)CC[C@@]2(NC(=O)C(C)(C)CC(=O)c2ccc(Cl)cn2)CC1=O. The monoisotopic (exact) mass is 818 g/mol. The number of hydrogen-bond donors (Lipinski definition) is 1. The van der Waals surface area contributed by atoms with Gasteiger partial charge in [0.15, 0.2) is 11.6 Å². The Morgan fingerprint density at radius 2 is 1.62 bits per heavy atom. The van der Waals surface area contributed by atoms with E-state index in [-0.39, 0.29) is 93.6 Å². The van der Waals surface area contributed by atoms with Gasteiger partial charge >= 0.3 is 5.97 Å². The second-order valence-corrected chi connectivity index (χ2v) is 22.6. The predicted octanol–water partition coefficient (Wildman–Crippen LogP) is 9.68. The van der Waals surface area contributed by atoms with Crippen LogP contribution in [0.2, 0.25) is 5.02 Å². The zero-order valence-corrected chi connectivity index (χ0v) is 37.6. The summed E-state index contributed by atoms with van der Waals surface area (Å²) in [5, 5.41) is 3.93. The molecule has 9 nitrogen and oxygen atoms in total. The molecule has 5 fully saturated rings. The predicted molar refractivity (Wildman–Crippen MR) is 223 cm³/mol. The van der Waals surface area contributed by atoms with Crippen LogP contribution in [0.3, 0.4) is 0 Å². The van der Waals surface area contributed by atoms with Gasteiger partial charge in [0.05, 0.1) is 21.9 Å². The number of allylic oxidation sites excluding steroid dienone is 1. The number of fused-ring (bicyclic) bond motifs is 7. The van der Waals surface area contributed by atoms with E-state index in [1.165, 1.54) is 11.8 Å². The summed E-state index contributed by atoms with van der Waals surface area (Å²) in [4.78, 5) is 70.8. The van der Waals surface area contributed by atoms with E-state index < -0.39 is 16.4 Å². The second kappa shape index (κ2) is 14.3. The third kappa shape index (κ3) is 6.35. The molecule has 1 aromatic heterocycles. The van der Waals surface area contributed by atoms with Gasteiger partial charge in [-0.25, -0.2) is 0 Å². The van der Waals surface area contributed by atoms with Crippen molar-refractivity contribution < 1.29 is 33.4 Å². The standard InChI is InChI=1S/C48H67ClN2O7/c1-27(2)38-33(54)24-48(51-41(56)42(3,4)23-32(53)31-14-12-28(49)25-50-31)21-20-46(10)29(39(38)48)13-15-35-45(9)18-17-36(44(7,8)34(45)16-19-47(35,46)11)58-40(55)30-22-37(57-26-52)43(30,5)6/h12,14,25-27,29-30,34-37H,13,15-24H2,1-11H3,(H,51,56)/t29-,30-,34+,35-,36+,37-,45+,46-,47-,48-/m1/s1. The van der Waals surface area contributed by atoms with Crippen LogP contribution < -0.4 is 5.32 Å². The van der Waals surface area contributed by atoms with Gasteiger partial charge in [0.2, 0.25) is 5.91 Å². The summed E-state index contributed by atoms with van der Waals surface area (Å²) < 4.78 is 11.7. The lowest BCUT2D eigenvalue weighted by Gasteiger charge is -2.72. The van der Waals surface area contributed by atoms with Crippen LogP contribution in [0.15, 0.2) is 29.5 Å². The van der Waals surface area contributed by atoms with Gasteiger partial charge in [-0.05, 0) is 121 Å². The minimum absolute atomic E-state index is 0.00151. The summed E-state index contributed by atoms with van der Waals surface area (Å²) in [5.74, 6) is 0.257. The maximum absolute atomic E-state index is 14.4. The number of Topliss-reactive ketones (excluding diaryl/α,β-unsaturated/α-hetero) is 2. The van der Waals surface area contributed by atoms with Crippen molar-refractivity contribution in [2.75, 3.05) is 0 Å². The van der Waals surface area contributed by atoms with Crippen LogP contribution in [0.1, 0.15) is 157 Å². The Kier molecular flexibility index (Phi) is 10.6. The molecule has 10 atom stereocenters. The van der Waals surface area contributed by atoms with Crippen molar-refractivity contribution >= 4 is 41.5 Å². The Balaban J connectivity index is 1.13. The van der Waals surface area contributed by atoms with Crippen LogP contribution in [0.5, 0.6) is 0 Å². The number of esters is 1. The molecule has 1 amide bonds. The van der Waals surface area contributed by atoms with E-state index in [0.717, 1.165) is 50.5 Å². The lowest BCUT2D eigenvalue weighted by molar-refractivity contribution is -0.236. The molecular formula is C48H67ClN2O7. The number of nitrogens with zero attached hydrogens (tertiary/aromatic N) is 1. The van der Waals surface area contributed by atoms with Crippen molar-refractivity contribution in [3.05, 3.63) is 40.2 Å². The summed E-state index contributed by atoms with van der Waals surface area (Å²) in [6.45, 7) is 24.5. The molecule has 6 aliphatic rings. The highest BCUT2D eigenvalue weighted by Crippen LogP contribution is 2.76. The number of aromatic nitrogens is 1. The maximum atomic E-state index is 14.4. The molecule has 0 aromatic carbocycles. The van der Waals surface area contributed by atoms with Crippen LogP contribution in [-0.2, 0) is 28.7 Å². The van der Waals surface area contributed by atoms with Gasteiger partial charge in [0, 0.05) is 29.9 Å². The molecule has 1 N–H and O–H groups in total. The second-order valence-electron chi connectivity index (χ2n) is 22.2. The summed E-state index contributed by atoms with van der Waals surface area (Å²) >= 11 is 6.02. The highest BCUT2D eigenvalue weighted by Gasteiger charge is 2.70. The normalized spacial score (nSPS) is 38.7. The first-order valence-corrected chi connectivity index (χ1v) is 22.3. The van der Waals surface area contributed by atoms with Gasteiger partial charge in [-0.2, -0.15) is 0 Å². The molecular weight excluding hydrogens is 752 g/mol. The van der Waals surface area contributed by atoms with E-state index in [4.69, 9.17) is 21.1 Å². The van der Waals surface area contributed by atoms with Gasteiger partial charge < -0.3 is 14.8 Å². The van der Waals surface area contributed by atoms with E-state index in [2.05, 4.69) is 58.8 Å². The fraction of sp³-hybridized carbons (Fsp3) is 0.750. The number of nitrogens with one attached hydrogen (secondary N) is 1. The van der Waals surface area contributed by atoms with Crippen LogP contribution in [-0.4, -0.2) is 52.6 Å². The smallest absolute Gasteiger partial charge is 0.310 e. The molecule has 0 bridgehead atoms. The quantitative estimate of drug-likeness (QED) is 0.140. The Hall–Kier alpha value is -3.07. The average molecular weight is 820 g/mol. The molecule has 0 unspecified atom stereocenters. The summed E-state index contributed by atoms with van der Waals surface area (Å²) in [6, 6.07) is 3.23. The molecule has 5 saturated carbocycles. The minimum Gasteiger partial charge on any atom is -0.464 e. The summed E-state index contributed by atoms with van der Waals surface area (Å²) in [5.41, 5.74) is -0.162. The Morgan fingerprint density at radius 1 is 0.914 bits per heavy atom. The lowest BCUT2D eigenvalue weighted by atomic mass is 9.33. The molecule has 10 heteroatoms. The van der Waals surface area contributed by atoms with Crippen molar-refractivity contribution in [2.45, 2.75) is 165 Å². The van der Waals surface area contributed by atoms with Crippen LogP contribution in [0, 0.1) is 62.1 Å². The van der Waals surface area contributed by atoms with Gasteiger partial charge in [0.25, 0.3) is 6.47 Å². The van der Waals surface area contributed by atoms with Crippen LogP contribution >= 0.6 is 11.6 Å². The number of ketones is 2. The van der Waals surface area contributed by atoms with Crippen LogP contribution in [0.4, 0.5) is 0 Å². The Bertz CT molecular complexity index is 1920. The minimum atomic E-state index is -1.03. The fourth-order valence-electron chi connectivity index (χ4n) is 14.2.